The molecule has 61 heavy (non-hydrogen) atoms. The standard InChI is InChI=1S/C49H45F6N3O3/c1-47(2,3)32-11-7-30(8-12-32)43-15-16-44(31-9-13-33(14-10-31)48(4,5)6)46-45(43)56-58(57-46)26-49(27-59-40-20-34(50)17-35(51)21-40,28-60-41-22-36(52)18-37(53)23-41)29-61-42-24-38(54)19-39(55)25-42/h7-25H,26-29H2,1-6H3. The van der Waals surface area contributed by atoms with Crippen LogP contribution in [0.5, 0.6) is 17.2 Å². The fourth-order valence-corrected chi connectivity index (χ4v) is 6.98. The van der Waals surface area contributed by atoms with E-state index >= 15 is 0 Å². The lowest BCUT2D eigenvalue weighted by Gasteiger charge is -2.32. The van der Waals surface area contributed by atoms with E-state index in [1.807, 2.05) is 36.4 Å². The zero-order valence-corrected chi connectivity index (χ0v) is 34.6. The summed E-state index contributed by atoms with van der Waals surface area (Å²) in [5, 5.41) is 10.0. The summed E-state index contributed by atoms with van der Waals surface area (Å²) in [6.07, 6.45) is 0. The quantitative estimate of drug-likeness (QED) is 0.108. The number of nitrogens with zero attached hydrogens (tertiary/aromatic N) is 3. The third-order valence-electron chi connectivity index (χ3n) is 10.3. The Morgan fingerprint density at radius 3 is 1.00 bits per heavy atom. The molecular formula is C49H45F6N3O3. The maximum Gasteiger partial charge on any atom is 0.129 e. The van der Waals surface area contributed by atoms with Gasteiger partial charge < -0.3 is 14.2 Å². The van der Waals surface area contributed by atoms with Crippen LogP contribution in [0.3, 0.4) is 0 Å². The van der Waals surface area contributed by atoms with Gasteiger partial charge in [-0.05, 0) is 33.1 Å². The number of hydrogen-bond donors (Lipinski definition) is 0. The molecule has 0 aliphatic rings. The Morgan fingerprint density at radius 2 is 0.721 bits per heavy atom. The first-order valence-electron chi connectivity index (χ1n) is 19.7. The summed E-state index contributed by atoms with van der Waals surface area (Å²) in [6.45, 7) is 11.4. The van der Waals surface area contributed by atoms with Crippen LogP contribution in [0.2, 0.25) is 0 Å². The fourth-order valence-electron chi connectivity index (χ4n) is 6.98. The maximum absolute atomic E-state index is 14.4. The molecule has 0 radical (unpaired) electrons. The summed E-state index contributed by atoms with van der Waals surface area (Å²) in [5.41, 5.74) is 5.07. The predicted molar refractivity (Wildman–Crippen MR) is 224 cm³/mol. The highest BCUT2D eigenvalue weighted by Gasteiger charge is 2.37. The third-order valence-corrected chi connectivity index (χ3v) is 10.3. The average Bonchev–Trinajstić information content (AvgIpc) is 3.60. The topological polar surface area (TPSA) is 58.4 Å². The molecule has 0 N–H and O–H groups in total. The minimum absolute atomic E-state index is 0.0819. The molecule has 7 aromatic rings. The Morgan fingerprint density at radius 1 is 0.426 bits per heavy atom. The Kier molecular flexibility index (Phi) is 11.9. The largest absolute Gasteiger partial charge is 0.492 e. The van der Waals surface area contributed by atoms with E-state index in [2.05, 4.69) is 65.8 Å². The minimum Gasteiger partial charge on any atom is -0.492 e. The van der Waals surface area contributed by atoms with Crippen LogP contribution in [0.15, 0.2) is 115 Å². The molecule has 0 bridgehead atoms. The van der Waals surface area contributed by atoms with Crippen molar-refractivity contribution >= 4 is 11.0 Å². The Labute approximate surface area is 350 Å². The van der Waals surface area contributed by atoms with E-state index in [1.54, 1.807) is 0 Å². The van der Waals surface area contributed by atoms with E-state index in [1.165, 1.54) is 4.80 Å². The van der Waals surface area contributed by atoms with Crippen molar-refractivity contribution in [2.75, 3.05) is 19.8 Å². The average molecular weight is 838 g/mol. The fraction of sp³-hybridized carbons (Fsp3) is 0.265. The van der Waals surface area contributed by atoms with Crippen molar-refractivity contribution in [1.82, 2.24) is 15.0 Å². The van der Waals surface area contributed by atoms with Gasteiger partial charge >= 0.3 is 0 Å². The lowest BCUT2D eigenvalue weighted by Crippen LogP contribution is -2.44. The van der Waals surface area contributed by atoms with Crippen LogP contribution >= 0.6 is 0 Å². The molecule has 0 saturated heterocycles. The number of fused-ring (bicyclic) bond motifs is 1. The molecule has 0 spiro atoms. The first-order valence-corrected chi connectivity index (χ1v) is 19.7. The Bertz CT molecular complexity index is 2380. The zero-order chi connectivity index (χ0) is 43.7. The second-order valence-corrected chi connectivity index (χ2v) is 17.4. The summed E-state index contributed by atoms with van der Waals surface area (Å²) >= 11 is 0. The van der Waals surface area contributed by atoms with Crippen LogP contribution in [0, 0.1) is 40.3 Å². The second kappa shape index (κ2) is 17.0. The van der Waals surface area contributed by atoms with E-state index < -0.39 is 60.1 Å². The van der Waals surface area contributed by atoms with E-state index in [0.717, 1.165) is 69.8 Å². The van der Waals surface area contributed by atoms with Crippen molar-refractivity contribution in [3.8, 4) is 39.5 Å². The molecule has 0 atom stereocenters. The van der Waals surface area contributed by atoms with Crippen molar-refractivity contribution < 1.29 is 40.6 Å². The second-order valence-electron chi connectivity index (χ2n) is 17.4. The van der Waals surface area contributed by atoms with Gasteiger partial charge in [0.2, 0.25) is 0 Å². The van der Waals surface area contributed by atoms with Crippen LogP contribution in [-0.2, 0) is 17.4 Å². The smallest absolute Gasteiger partial charge is 0.129 e. The SMILES string of the molecule is CC(C)(C)c1ccc(-c2ccc(-c3ccc(C(C)(C)C)cc3)c3nn(CC(COc4cc(F)cc(F)c4)(COc4cc(F)cc(F)c4)COc4cc(F)cc(F)c4)nc23)cc1. The van der Waals surface area contributed by atoms with E-state index in [0.29, 0.717) is 29.2 Å². The molecule has 6 aromatic carbocycles. The van der Waals surface area contributed by atoms with E-state index in [-0.39, 0.29) is 34.6 Å². The maximum atomic E-state index is 14.4. The number of ether oxygens (including phenoxy) is 3. The van der Waals surface area contributed by atoms with Crippen molar-refractivity contribution in [1.29, 1.82) is 0 Å². The molecule has 0 aliphatic heterocycles. The van der Waals surface area contributed by atoms with Crippen molar-refractivity contribution in [3.05, 3.63) is 161 Å². The van der Waals surface area contributed by atoms with Gasteiger partial charge in [0.1, 0.15) is 83.0 Å². The molecule has 0 saturated carbocycles. The normalized spacial score (nSPS) is 12.2. The highest BCUT2D eigenvalue weighted by atomic mass is 19.2. The number of rotatable bonds is 13. The summed E-state index contributed by atoms with van der Waals surface area (Å²) in [5.74, 6) is -5.94. The number of benzene rings is 6. The van der Waals surface area contributed by atoms with E-state index in [9.17, 15) is 26.3 Å². The molecule has 0 unspecified atom stereocenters. The van der Waals surface area contributed by atoms with Crippen LogP contribution < -0.4 is 14.2 Å². The van der Waals surface area contributed by atoms with Crippen molar-refractivity contribution in [2.45, 2.75) is 58.9 Å². The number of hydrogen-bond acceptors (Lipinski definition) is 5. The zero-order valence-electron chi connectivity index (χ0n) is 34.6. The van der Waals surface area contributed by atoms with Gasteiger partial charge in [-0.3, -0.25) is 0 Å². The first kappa shape index (κ1) is 42.8. The molecule has 12 heteroatoms. The number of halogens is 6. The van der Waals surface area contributed by atoms with Gasteiger partial charge in [-0.25, -0.2) is 26.3 Å². The molecule has 6 nitrogen and oxygen atoms in total. The van der Waals surface area contributed by atoms with Crippen LogP contribution in [0.4, 0.5) is 26.3 Å². The van der Waals surface area contributed by atoms with Gasteiger partial charge in [-0.15, -0.1) is 0 Å². The third kappa shape index (κ3) is 10.4. The lowest BCUT2D eigenvalue weighted by molar-refractivity contribution is 0.0126. The Balaban J connectivity index is 1.37. The van der Waals surface area contributed by atoms with Crippen molar-refractivity contribution in [2.24, 2.45) is 5.41 Å². The van der Waals surface area contributed by atoms with Crippen LogP contribution in [0.1, 0.15) is 52.7 Å². The van der Waals surface area contributed by atoms with Crippen molar-refractivity contribution in [3.63, 3.8) is 0 Å². The van der Waals surface area contributed by atoms with E-state index in [4.69, 9.17) is 24.4 Å². The van der Waals surface area contributed by atoms with Gasteiger partial charge in [0.05, 0.1) is 12.0 Å². The van der Waals surface area contributed by atoms with Gasteiger partial charge in [-0.1, -0.05) is 102 Å². The molecular weight excluding hydrogens is 793 g/mol. The Hall–Kier alpha value is -6.30. The van der Waals surface area contributed by atoms with Gasteiger partial charge in [-0.2, -0.15) is 15.0 Å². The summed E-state index contributed by atoms with van der Waals surface area (Å²) < 4.78 is 104. The summed E-state index contributed by atoms with van der Waals surface area (Å²) in [6, 6.07) is 28.3. The van der Waals surface area contributed by atoms with Crippen LogP contribution in [0.25, 0.3) is 33.3 Å². The van der Waals surface area contributed by atoms with Gasteiger partial charge in [0.25, 0.3) is 0 Å². The first-order chi connectivity index (χ1) is 28.8. The highest BCUT2D eigenvalue weighted by molar-refractivity contribution is 6.00. The monoisotopic (exact) mass is 837 g/mol. The summed E-state index contributed by atoms with van der Waals surface area (Å²) in [4.78, 5) is 1.41. The minimum atomic E-state index is -1.48. The van der Waals surface area contributed by atoms with Crippen LogP contribution in [-0.4, -0.2) is 34.8 Å². The lowest BCUT2D eigenvalue weighted by atomic mass is 9.85. The molecule has 0 amide bonds. The highest BCUT2D eigenvalue weighted by Crippen LogP contribution is 2.37. The molecule has 0 fully saturated rings. The number of aromatic nitrogens is 3. The predicted octanol–water partition coefficient (Wildman–Crippen LogP) is 12.4. The molecule has 0 aliphatic carbocycles. The molecule has 316 valence electrons. The summed E-state index contributed by atoms with van der Waals surface area (Å²) in [7, 11) is 0. The van der Waals surface area contributed by atoms with Gasteiger partial charge in [0.15, 0.2) is 0 Å². The molecule has 7 rings (SSSR count). The molecule has 1 aromatic heterocycles. The van der Waals surface area contributed by atoms with Gasteiger partial charge in [0, 0.05) is 65.7 Å². The molecule has 1 heterocycles.